The molecule has 5 nitrogen and oxygen atoms in total. The van der Waals surface area contributed by atoms with Crippen molar-refractivity contribution in [2.75, 3.05) is 4.72 Å². The second kappa shape index (κ2) is 5.78. The van der Waals surface area contributed by atoms with Crippen molar-refractivity contribution in [2.24, 2.45) is 5.73 Å². The van der Waals surface area contributed by atoms with Crippen LogP contribution in [0, 0.1) is 6.92 Å². The average molecular weight is 312 g/mol. The van der Waals surface area contributed by atoms with E-state index < -0.39 is 10.0 Å². The van der Waals surface area contributed by atoms with Gasteiger partial charge in [0.25, 0.3) is 10.0 Å². The highest BCUT2D eigenvalue weighted by molar-refractivity contribution is 7.92. The van der Waals surface area contributed by atoms with Gasteiger partial charge in [-0.1, -0.05) is 17.7 Å². The lowest BCUT2D eigenvalue weighted by atomic mass is 10.2. The van der Waals surface area contributed by atoms with E-state index in [-0.39, 0.29) is 9.92 Å². The molecule has 0 unspecified atom stereocenters. The first-order chi connectivity index (χ1) is 9.42. The Bertz CT molecular complexity index is 732. The van der Waals surface area contributed by atoms with Crippen LogP contribution >= 0.6 is 11.6 Å². The summed E-state index contributed by atoms with van der Waals surface area (Å²) < 4.78 is 27.0. The molecule has 0 spiro atoms. The Balaban J connectivity index is 2.36. The molecule has 1 aromatic heterocycles. The highest BCUT2D eigenvalue weighted by Gasteiger charge is 2.18. The van der Waals surface area contributed by atoms with Gasteiger partial charge in [-0.25, -0.2) is 8.42 Å². The molecular formula is C13H14ClN3O2S. The van der Waals surface area contributed by atoms with Crippen LogP contribution < -0.4 is 10.5 Å². The molecule has 1 heterocycles. The van der Waals surface area contributed by atoms with Gasteiger partial charge in [0.2, 0.25) is 0 Å². The van der Waals surface area contributed by atoms with E-state index >= 15 is 0 Å². The van der Waals surface area contributed by atoms with Crippen molar-refractivity contribution >= 4 is 27.3 Å². The Morgan fingerprint density at radius 1 is 1.30 bits per heavy atom. The summed E-state index contributed by atoms with van der Waals surface area (Å²) in [5.41, 5.74) is 7.50. The fourth-order valence-electron chi connectivity index (χ4n) is 1.71. The first-order valence-corrected chi connectivity index (χ1v) is 7.71. The number of sulfonamides is 1. The summed E-state index contributed by atoms with van der Waals surface area (Å²) in [7, 11) is -3.75. The standard InChI is InChI=1S/C13H14ClN3O2S/c1-9-4-11(8-16-7-9)17-20(18,19)13-3-2-10(6-15)5-12(13)14/h2-5,7-8,17H,6,15H2,1H3. The molecule has 0 saturated heterocycles. The number of anilines is 1. The second-order valence-electron chi connectivity index (χ2n) is 4.33. The van der Waals surface area contributed by atoms with Crippen LogP contribution in [0.2, 0.25) is 5.02 Å². The molecule has 1 aromatic carbocycles. The number of halogens is 1. The van der Waals surface area contributed by atoms with Gasteiger partial charge >= 0.3 is 0 Å². The Kier molecular flexibility index (Phi) is 4.27. The highest BCUT2D eigenvalue weighted by Crippen LogP contribution is 2.24. The first kappa shape index (κ1) is 14.8. The van der Waals surface area contributed by atoms with E-state index in [9.17, 15) is 8.42 Å². The SMILES string of the molecule is Cc1cncc(NS(=O)(=O)c2ccc(CN)cc2Cl)c1. The highest BCUT2D eigenvalue weighted by atomic mass is 35.5. The minimum absolute atomic E-state index is 0.0119. The average Bonchev–Trinajstić information content (AvgIpc) is 2.37. The topological polar surface area (TPSA) is 85.1 Å². The Labute approximate surface area is 122 Å². The lowest BCUT2D eigenvalue weighted by Gasteiger charge is -2.10. The van der Waals surface area contributed by atoms with Crippen LogP contribution in [-0.4, -0.2) is 13.4 Å². The molecule has 0 atom stereocenters. The molecule has 106 valence electrons. The Hall–Kier alpha value is -1.63. The third-order valence-corrected chi connectivity index (χ3v) is 4.51. The van der Waals surface area contributed by atoms with Crippen molar-refractivity contribution < 1.29 is 8.42 Å². The van der Waals surface area contributed by atoms with Crippen molar-refractivity contribution in [2.45, 2.75) is 18.4 Å². The smallest absolute Gasteiger partial charge is 0.263 e. The van der Waals surface area contributed by atoms with Gasteiger partial charge in [0, 0.05) is 12.7 Å². The summed E-state index contributed by atoms with van der Waals surface area (Å²) >= 11 is 6.00. The van der Waals surface area contributed by atoms with Crippen LogP contribution in [0.1, 0.15) is 11.1 Å². The molecule has 0 radical (unpaired) electrons. The third kappa shape index (κ3) is 3.27. The van der Waals surface area contributed by atoms with Gasteiger partial charge in [-0.2, -0.15) is 0 Å². The van der Waals surface area contributed by atoms with Crippen LogP contribution in [0.3, 0.4) is 0 Å². The number of pyridine rings is 1. The van der Waals surface area contributed by atoms with E-state index in [2.05, 4.69) is 9.71 Å². The van der Waals surface area contributed by atoms with Crippen LogP contribution in [0.5, 0.6) is 0 Å². The molecule has 0 fully saturated rings. The summed E-state index contributed by atoms with van der Waals surface area (Å²) in [5.74, 6) is 0. The molecule has 0 saturated carbocycles. The summed E-state index contributed by atoms with van der Waals surface area (Å²) in [6, 6.07) is 6.31. The van der Waals surface area contributed by atoms with E-state index in [1.54, 1.807) is 24.4 Å². The maximum absolute atomic E-state index is 12.3. The van der Waals surface area contributed by atoms with Crippen molar-refractivity contribution in [3.8, 4) is 0 Å². The molecule has 20 heavy (non-hydrogen) atoms. The minimum Gasteiger partial charge on any atom is -0.326 e. The number of nitrogens with zero attached hydrogens (tertiary/aromatic N) is 1. The molecule has 2 aromatic rings. The van der Waals surface area contributed by atoms with E-state index in [0.29, 0.717) is 12.2 Å². The summed E-state index contributed by atoms with van der Waals surface area (Å²) in [4.78, 5) is 3.95. The summed E-state index contributed by atoms with van der Waals surface area (Å²) in [6.07, 6.45) is 3.08. The predicted molar refractivity (Wildman–Crippen MR) is 79.1 cm³/mol. The maximum Gasteiger partial charge on any atom is 0.263 e. The van der Waals surface area contributed by atoms with Gasteiger partial charge < -0.3 is 5.73 Å². The number of benzene rings is 1. The number of nitrogens with one attached hydrogen (secondary N) is 1. The van der Waals surface area contributed by atoms with E-state index in [1.807, 2.05) is 6.92 Å². The zero-order valence-electron chi connectivity index (χ0n) is 10.8. The number of nitrogens with two attached hydrogens (primary N) is 1. The fourth-order valence-corrected chi connectivity index (χ4v) is 3.31. The summed E-state index contributed by atoms with van der Waals surface area (Å²) in [5, 5.41) is 0.140. The molecule has 2 rings (SSSR count). The van der Waals surface area contributed by atoms with Gasteiger partial charge in [0.1, 0.15) is 4.90 Å². The van der Waals surface area contributed by atoms with Crippen molar-refractivity contribution in [3.63, 3.8) is 0 Å². The largest absolute Gasteiger partial charge is 0.326 e. The van der Waals surface area contributed by atoms with Crippen molar-refractivity contribution in [1.82, 2.24) is 4.98 Å². The van der Waals surface area contributed by atoms with Crippen molar-refractivity contribution in [3.05, 3.63) is 52.8 Å². The Morgan fingerprint density at radius 2 is 2.05 bits per heavy atom. The number of aromatic nitrogens is 1. The van der Waals surface area contributed by atoms with E-state index in [0.717, 1.165) is 11.1 Å². The van der Waals surface area contributed by atoms with Gasteiger partial charge in [0.05, 0.1) is 16.9 Å². The molecule has 0 aliphatic heterocycles. The van der Waals surface area contributed by atoms with Gasteiger partial charge in [-0.15, -0.1) is 0 Å². The normalized spacial score (nSPS) is 11.3. The minimum atomic E-state index is -3.75. The number of rotatable bonds is 4. The molecule has 3 N–H and O–H groups in total. The molecule has 0 aliphatic rings. The van der Waals surface area contributed by atoms with Crippen molar-refractivity contribution in [1.29, 1.82) is 0 Å². The van der Waals surface area contributed by atoms with E-state index in [1.165, 1.54) is 12.3 Å². The Morgan fingerprint density at radius 3 is 2.65 bits per heavy atom. The zero-order valence-corrected chi connectivity index (χ0v) is 12.4. The van der Waals surface area contributed by atoms with Crippen LogP contribution in [0.4, 0.5) is 5.69 Å². The molecule has 0 bridgehead atoms. The third-order valence-electron chi connectivity index (χ3n) is 2.65. The molecule has 0 aliphatic carbocycles. The second-order valence-corrected chi connectivity index (χ2v) is 6.38. The lowest BCUT2D eigenvalue weighted by molar-refractivity contribution is 0.601. The monoisotopic (exact) mass is 311 g/mol. The zero-order chi connectivity index (χ0) is 14.8. The van der Waals surface area contributed by atoms with Gasteiger partial charge in [-0.3, -0.25) is 9.71 Å². The van der Waals surface area contributed by atoms with Crippen LogP contribution in [-0.2, 0) is 16.6 Å². The summed E-state index contributed by atoms with van der Waals surface area (Å²) in [6.45, 7) is 2.13. The van der Waals surface area contributed by atoms with Crippen LogP contribution in [0.15, 0.2) is 41.6 Å². The van der Waals surface area contributed by atoms with E-state index in [4.69, 9.17) is 17.3 Å². The molecular weight excluding hydrogens is 298 g/mol. The quantitative estimate of drug-likeness (QED) is 0.907. The number of hydrogen-bond donors (Lipinski definition) is 2. The van der Waals surface area contributed by atoms with Gasteiger partial charge in [-0.05, 0) is 36.2 Å². The van der Waals surface area contributed by atoms with Crippen LogP contribution in [0.25, 0.3) is 0 Å². The first-order valence-electron chi connectivity index (χ1n) is 5.85. The fraction of sp³-hybridized carbons (Fsp3) is 0.154. The molecule has 0 amide bonds. The molecule has 7 heteroatoms. The predicted octanol–water partition coefficient (Wildman–Crippen LogP) is 2.30. The lowest BCUT2D eigenvalue weighted by Crippen LogP contribution is -2.14. The van der Waals surface area contributed by atoms with Gasteiger partial charge in [0.15, 0.2) is 0 Å². The maximum atomic E-state index is 12.3. The number of aryl methyl sites for hydroxylation is 1. The number of hydrogen-bond acceptors (Lipinski definition) is 4.